The first-order valence-electron chi connectivity index (χ1n) is 6.98. The lowest BCUT2D eigenvalue weighted by atomic mass is 9.90. The third kappa shape index (κ3) is 2.41. The van der Waals surface area contributed by atoms with Crippen molar-refractivity contribution in [2.75, 3.05) is 13.7 Å². The van der Waals surface area contributed by atoms with Crippen LogP contribution >= 0.6 is 0 Å². The summed E-state index contributed by atoms with van der Waals surface area (Å²) in [6.07, 6.45) is 3.06. The average molecular weight is 273 g/mol. The van der Waals surface area contributed by atoms with E-state index < -0.39 is 0 Å². The van der Waals surface area contributed by atoms with Gasteiger partial charge in [-0.25, -0.2) is 4.68 Å². The van der Waals surface area contributed by atoms with Gasteiger partial charge in [-0.2, -0.15) is 0 Å². The van der Waals surface area contributed by atoms with Crippen molar-refractivity contribution in [1.82, 2.24) is 15.0 Å². The number of aromatic nitrogens is 3. The summed E-state index contributed by atoms with van der Waals surface area (Å²) < 4.78 is 7.09. The molecule has 0 spiro atoms. The Hall–Kier alpha value is -1.88. The van der Waals surface area contributed by atoms with Crippen LogP contribution in [0.2, 0.25) is 0 Å². The van der Waals surface area contributed by atoms with E-state index in [1.165, 1.54) is 0 Å². The number of methoxy groups -OCH3 is 1. The predicted molar refractivity (Wildman–Crippen MR) is 74.9 cm³/mol. The summed E-state index contributed by atoms with van der Waals surface area (Å²) in [5, 5.41) is 18.0. The molecule has 0 radical (unpaired) electrons. The van der Waals surface area contributed by atoms with E-state index in [9.17, 15) is 5.11 Å². The number of fused-ring (bicyclic) bond motifs is 1. The summed E-state index contributed by atoms with van der Waals surface area (Å²) in [5.74, 6) is 1.02. The summed E-state index contributed by atoms with van der Waals surface area (Å²) in [4.78, 5) is 0. The van der Waals surface area contributed by atoms with Gasteiger partial charge in [0.25, 0.3) is 0 Å². The number of hydrogen-bond acceptors (Lipinski definition) is 4. The van der Waals surface area contributed by atoms with E-state index in [0.717, 1.165) is 42.0 Å². The molecule has 5 heteroatoms. The number of ether oxygens (including phenoxy) is 1. The fraction of sp³-hybridized carbons (Fsp3) is 0.467. The van der Waals surface area contributed by atoms with Crippen LogP contribution in [0, 0.1) is 0 Å². The normalized spacial score (nSPS) is 17.8. The molecule has 0 bridgehead atoms. The Bertz CT molecular complexity index is 577. The summed E-state index contributed by atoms with van der Waals surface area (Å²) in [5.41, 5.74) is 3.30. The van der Waals surface area contributed by atoms with Crippen molar-refractivity contribution in [3.05, 3.63) is 41.2 Å². The highest BCUT2D eigenvalue weighted by atomic mass is 16.5. The van der Waals surface area contributed by atoms with Crippen LogP contribution in [0.25, 0.3) is 0 Å². The van der Waals surface area contributed by atoms with Gasteiger partial charge in [0.15, 0.2) is 0 Å². The van der Waals surface area contributed by atoms with E-state index in [-0.39, 0.29) is 12.5 Å². The fourth-order valence-corrected chi connectivity index (χ4v) is 2.83. The second-order valence-electron chi connectivity index (χ2n) is 5.20. The van der Waals surface area contributed by atoms with Gasteiger partial charge >= 0.3 is 0 Å². The third-order valence-corrected chi connectivity index (χ3v) is 3.91. The lowest BCUT2D eigenvalue weighted by Gasteiger charge is -2.21. The summed E-state index contributed by atoms with van der Waals surface area (Å²) in [7, 11) is 1.66. The molecule has 0 aliphatic heterocycles. The Morgan fingerprint density at radius 3 is 2.85 bits per heavy atom. The molecule has 1 atom stereocenters. The maximum atomic E-state index is 9.53. The molecule has 1 unspecified atom stereocenters. The van der Waals surface area contributed by atoms with Gasteiger partial charge in [-0.05, 0) is 37.0 Å². The van der Waals surface area contributed by atoms with Gasteiger partial charge in [0.1, 0.15) is 5.75 Å². The monoisotopic (exact) mass is 273 g/mol. The minimum Gasteiger partial charge on any atom is -0.497 e. The molecule has 1 N–H and O–H groups in total. The molecular weight excluding hydrogens is 254 g/mol. The minimum absolute atomic E-state index is 0.170. The number of aliphatic hydroxyl groups is 1. The minimum atomic E-state index is 0.170. The SMILES string of the molecule is COc1ccc(Cn2nnc3c2C(CO)CCC3)cc1. The first kappa shape index (κ1) is 13.1. The van der Waals surface area contributed by atoms with Crippen molar-refractivity contribution < 1.29 is 9.84 Å². The lowest BCUT2D eigenvalue weighted by molar-refractivity contribution is 0.246. The Morgan fingerprint density at radius 2 is 2.15 bits per heavy atom. The van der Waals surface area contributed by atoms with E-state index in [1.807, 2.05) is 28.9 Å². The Kier molecular flexibility index (Phi) is 3.69. The van der Waals surface area contributed by atoms with Gasteiger partial charge < -0.3 is 9.84 Å². The van der Waals surface area contributed by atoms with Crippen LogP contribution in [0.15, 0.2) is 24.3 Å². The van der Waals surface area contributed by atoms with Gasteiger partial charge in [0.05, 0.1) is 31.6 Å². The molecule has 2 aromatic rings. The van der Waals surface area contributed by atoms with Crippen molar-refractivity contribution in [2.24, 2.45) is 0 Å². The molecule has 1 heterocycles. The van der Waals surface area contributed by atoms with E-state index in [1.54, 1.807) is 7.11 Å². The second-order valence-corrected chi connectivity index (χ2v) is 5.20. The largest absolute Gasteiger partial charge is 0.497 e. The second kappa shape index (κ2) is 5.63. The fourth-order valence-electron chi connectivity index (χ4n) is 2.83. The number of benzene rings is 1. The molecule has 1 aromatic carbocycles. The lowest BCUT2D eigenvalue weighted by Crippen LogP contribution is -2.18. The molecule has 0 amide bonds. The highest BCUT2D eigenvalue weighted by Gasteiger charge is 2.25. The topological polar surface area (TPSA) is 60.2 Å². The van der Waals surface area contributed by atoms with E-state index in [0.29, 0.717) is 6.54 Å². The first-order chi connectivity index (χ1) is 9.81. The van der Waals surface area contributed by atoms with Crippen molar-refractivity contribution >= 4 is 0 Å². The van der Waals surface area contributed by atoms with Crippen LogP contribution in [0.1, 0.15) is 35.7 Å². The molecule has 0 saturated heterocycles. The highest BCUT2D eigenvalue weighted by Crippen LogP contribution is 2.30. The van der Waals surface area contributed by atoms with Crippen molar-refractivity contribution in [1.29, 1.82) is 0 Å². The molecular formula is C15H19N3O2. The number of nitrogens with zero attached hydrogens (tertiary/aromatic N) is 3. The molecule has 0 fully saturated rings. The zero-order valence-electron chi connectivity index (χ0n) is 11.6. The van der Waals surface area contributed by atoms with Gasteiger partial charge in [-0.3, -0.25) is 0 Å². The molecule has 1 aromatic heterocycles. The van der Waals surface area contributed by atoms with E-state index >= 15 is 0 Å². The Morgan fingerprint density at radius 1 is 1.35 bits per heavy atom. The number of rotatable bonds is 4. The Labute approximate surface area is 118 Å². The summed E-state index contributed by atoms with van der Waals surface area (Å²) in [6.45, 7) is 0.853. The van der Waals surface area contributed by atoms with Crippen LogP contribution in [-0.4, -0.2) is 33.8 Å². The molecule has 20 heavy (non-hydrogen) atoms. The molecule has 106 valence electrons. The molecule has 1 aliphatic carbocycles. The standard InChI is InChI=1S/C15H19N3O2/c1-20-13-7-5-11(6-8-13)9-18-15-12(10-19)3-2-4-14(15)16-17-18/h5-8,12,19H,2-4,9-10H2,1H3. The Balaban J connectivity index is 1.85. The van der Waals surface area contributed by atoms with Gasteiger partial charge in [0, 0.05) is 5.92 Å². The van der Waals surface area contributed by atoms with Crippen LogP contribution in [-0.2, 0) is 13.0 Å². The van der Waals surface area contributed by atoms with Gasteiger partial charge in [0.2, 0.25) is 0 Å². The van der Waals surface area contributed by atoms with Crippen LogP contribution in [0.3, 0.4) is 0 Å². The van der Waals surface area contributed by atoms with Crippen molar-refractivity contribution in [3.8, 4) is 5.75 Å². The number of aryl methyl sites for hydroxylation is 1. The molecule has 0 saturated carbocycles. The average Bonchev–Trinajstić information content (AvgIpc) is 2.91. The maximum Gasteiger partial charge on any atom is 0.118 e. The van der Waals surface area contributed by atoms with Crippen LogP contribution in [0.4, 0.5) is 0 Å². The number of hydrogen-bond donors (Lipinski definition) is 1. The summed E-state index contributed by atoms with van der Waals surface area (Å²) in [6, 6.07) is 7.96. The van der Waals surface area contributed by atoms with Crippen LogP contribution < -0.4 is 4.74 Å². The molecule has 3 rings (SSSR count). The zero-order chi connectivity index (χ0) is 13.9. The van der Waals surface area contributed by atoms with E-state index in [2.05, 4.69) is 10.3 Å². The highest BCUT2D eigenvalue weighted by molar-refractivity contribution is 5.28. The summed E-state index contributed by atoms with van der Waals surface area (Å²) >= 11 is 0. The first-order valence-corrected chi connectivity index (χ1v) is 6.98. The van der Waals surface area contributed by atoms with Crippen molar-refractivity contribution in [3.63, 3.8) is 0 Å². The third-order valence-electron chi connectivity index (χ3n) is 3.91. The molecule has 5 nitrogen and oxygen atoms in total. The maximum absolute atomic E-state index is 9.53. The smallest absolute Gasteiger partial charge is 0.118 e. The molecule has 1 aliphatic rings. The van der Waals surface area contributed by atoms with Gasteiger partial charge in [-0.15, -0.1) is 5.10 Å². The van der Waals surface area contributed by atoms with Crippen LogP contribution in [0.5, 0.6) is 5.75 Å². The number of aliphatic hydroxyl groups excluding tert-OH is 1. The van der Waals surface area contributed by atoms with Crippen molar-refractivity contribution in [2.45, 2.75) is 31.7 Å². The predicted octanol–water partition coefficient (Wildman–Crippen LogP) is 1.75. The van der Waals surface area contributed by atoms with E-state index in [4.69, 9.17) is 4.74 Å². The van der Waals surface area contributed by atoms with Gasteiger partial charge in [-0.1, -0.05) is 17.3 Å². The zero-order valence-corrected chi connectivity index (χ0v) is 11.6. The quantitative estimate of drug-likeness (QED) is 0.922.